The molecule has 6 atom stereocenters. The standard InChI is InChI=1S/C56H84N4O11/c1-7-10-11-12-13-14-15-16-17-20-31-57-53(63)70-44-29-30-49-47(37-44)51-45(24-19-22-34-62)42(23-18-21-33-61)36-46-48(58-69-39-41-25-27-43(28-26-41)60(65)66)38-50(56(71-49,52(46)51)68-35-9-3)59(32-8-2)54(64)67-40-55(4,5)6/h9,25-30,36-37,42,45,50-52,61-62H,3,7-8,10-24,31-35,38-40H2,1-2,4-6H3,(H,57,63)/t42-,45+,50-,51+,52+,56+/m0/s1. The van der Waals surface area contributed by atoms with E-state index in [0.717, 1.165) is 56.1 Å². The van der Waals surface area contributed by atoms with Gasteiger partial charge in [-0.1, -0.05) is 123 Å². The highest BCUT2D eigenvalue weighted by atomic mass is 16.7. The van der Waals surface area contributed by atoms with Crippen molar-refractivity contribution in [3.8, 4) is 11.5 Å². The van der Waals surface area contributed by atoms with E-state index in [1.165, 1.54) is 57.1 Å². The molecule has 394 valence electrons. The number of nitrogens with one attached hydrogen (secondary N) is 1. The number of unbranched alkanes of at least 4 members (excludes halogenated alkanes) is 11. The number of rotatable bonds is 31. The number of aliphatic hydroxyl groups excluding tert-OH is 2. The average Bonchev–Trinajstić information content (AvgIpc) is 3.35. The third-order valence-corrected chi connectivity index (χ3v) is 13.9. The van der Waals surface area contributed by atoms with Crippen LogP contribution in [0.2, 0.25) is 0 Å². The number of ether oxygens (including phenoxy) is 4. The van der Waals surface area contributed by atoms with Crippen LogP contribution in [-0.2, 0) is 20.9 Å². The van der Waals surface area contributed by atoms with Gasteiger partial charge < -0.3 is 39.3 Å². The molecule has 3 N–H and O–H groups in total. The molecule has 0 radical (unpaired) electrons. The van der Waals surface area contributed by atoms with Gasteiger partial charge in [0.25, 0.3) is 5.69 Å². The van der Waals surface area contributed by atoms with Crippen LogP contribution < -0.4 is 14.8 Å². The minimum atomic E-state index is -1.49. The molecule has 2 aromatic rings. The average molecular weight is 989 g/mol. The maximum Gasteiger partial charge on any atom is 0.412 e. The number of amides is 2. The van der Waals surface area contributed by atoms with Crippen LogP contribution in [0.5, 0.6) is 11.5 Å². The Morgan fingerprint density at radius 3 is 2.24 bits per heavy atom. The van der Waals surface area contributed by atoms with Crippen LogP contribution in [-0.4, -0.2) is 89.3 Å². The molecule has 2 aromatic carbocycles. The number of allylic oxidation sites excluding steroid dienone is 1. The minimum absolute atomic E-state index is 0.0200. The molecular formula is C56H84N4O11. The molecule has 1 aliphatic heterocycles. The van der Waals surface area contributed by atoms with Crippen molar-refractivity contribution in [3.05, 3.63) is 88.0 Å². The van der Waals surface area contributed by atoms with Crippen molar-refractivity contribution in [1.82, 2.24) is 10.2 Å². The lowest BCUT2D eigenvalue weighted by Gasteiger charge is -2.60. The van der Waals surface area contributed by atoms with Crippen LogP contribution in [0, 0.1) is 33.3 Å². The highest BCUT2D eigenvalue weighted by Crippen LogP contribution is 2.62. The number of carbonyl (C=O) groups is 2. The number of non-ortho nitro benzene ring substituents is 1. The first-order valence-electron chi connectivity index (χ1n) is 26.6. The molecule has 0 aromatic heterocycles. The van der Waals surface area contributed by atoms with Crippen molar-refractivity contribution < 1.29 is 48.5 Å². The van der Waals surface area contributed by atoms with Gasteiger partial charge in [-0.25, -0.2) is 9.59 Å². The summed E-state index contributed by atoms with van der Waals surface area (Å²) in [5.74, 6) is -1.58. The summed E-state index contributed by atoms with van der Waals surface area (Å²) >= 11 is 0. The zero-order valence-electron chi connectivity index (χ0n) is 43.4. The molecule has 1 heterocycles. The molecule has 0 unspecified atom stereocenters. The Balaban J connectivity index is 1.58. The van der Waals surface area contributed by atoms with E-state index in [1.807, 2.05) is 39.8 Å². The van der Waals surface area contributed by atoms with Crippen LogP contribution in [0.1, 0.15) is 167 Å². The van der Waals surface area contributed by atoms with E-state index in [-0.39, 0.29) is 68.3 Å². The summed E-state index contributed by atoms with van der Waals surface area (Å²) in [6.45, 7) is 15.5. The van der Waals surface area contributed by atoms with E-state index in [4.69, 9.17) is 28.9 Å². The number of hydrogen-bond acceptors (Lipinski definition) is 12. The van der Waals surface area contributed by atoms with Crippen molar-refractivity contribution in [2.45, 2.75) is 175 Å². The molecule has 15 nitrogen and oxygen atoms in total. The summed E-state index contributed by atoms with van der Waals surface area (Å²) in [5, 5.41) is 39.2. The number of nitro benzene ring substituents is 1. The number of hydrogen-bond donors (Lipinski definition) is 3. The largest absolute Gasteiger partial charge is 0.459 e. The van der Waals surface area contributed by atoms with E-state index in [0.29, 0.717) is 55.1 Å². The topological polar surface area (TPSA) is 192 Å². The maximum absolute atomic E-state index is 14.6. The first kappa shape index (κ1) is 56.9. The number of carbonyl (C=O) groups excluding carboxylic acids is 2. The fraction of sp³-hybridized carbons (Fsp3) is 0.661. The van der Waals surface area contributed by atoms with Crippen LogP contribution in [0.25, 0.3) is 0 Å². The summed E-state index contributed by atoms with van der Waals surface area (Å²) < 4.78 is 26.5. The van der Waals surface area contributed by atoms with Gasteiger partial charge in [-0.3, -0.25) is 15.0 Å². The Kier molecular flexibility index (Phi) is 23.2. The van der Waals surface area contributed by atoms with E-state index in [1.54, 1.807) is 29.2 Å². The van der Waals surface area contributed by atoms with Gasteiger partial charge in [-0.05, 0) is 97.2 Å². The minimum Gasteiger partial charge on any atom is -0.459 e. The molecule has 2 amide bonds. The fourth-order valence-electron chi connectivity index (χ4n) is 10.5. The number of benzene rings is 2. The van der Waals surface area contributed by atoms with Crippen molar-refractivity contribution in [2.75, 3.05) is 39.5 Å². The Labute approximate surface area is 422 Å². The highest BCUT2D eigenvalue weighted by Gasteiger charge is 2.65. The third kappa shape index (κ3) is 16.3. The summed E-state index contributed by atoms with van der Waals surface area (Å²) in [4.78, 5) is 46.8. The Morgan fingerprint density at radius 1 is 0.930 bits per heavy atom. The van der Waals surface area contributed by atoms with E-state index < -0.39 is 34.9 Å². The van der Waals surface area contributed by atoms with Crippen molar-refractivity contribution in [1.29, 1.82) is 0 Å². The predicted octanol–water partition coefficient (Wildman–Crippen LogP) is 12.3. The molecule has 0 spiro atoms. The maximum atomic E-state index is 14.6. The second kappa shape index (κ2) is 28.9. The van der Waals surface area contributed by atoms with Crippen LogP contribution >= 0.6 is 0 Å². The van der Waals surface area contributed by atoms with E-state index in [2.05, 4.69) is 24.9 Å². The predicted molar refractivity (Wildman–Crippen MR) is 277 cm³/mol. The van der Waals surface area contributed by atoms with Crippen LogP contribution in [0.15, 0.2) is 71.9 Å². The first-order chi connectivity index (χ1) is 34.3. The molecule has 2 aliphatic carbocycles. The monoisotopic (exact) mass is 989 g/mol. The van der Waals surface area contributed by atoms with Crippen LogP contribution in [0.3, 0.4) is 0 Å². The van der Waals surface area contributed by atoms with Crippen molar-refractivity contribution in [2.24, 2.45) is 28.3 Å². The van der Waals surface area contributed by atoms with E-state index >= 15 is 0 Å². The number of nitrogens with zero attached hydrogens (tertiary/aromatic N) is 3. The zero-order valence-corrected chi connectivity index (χ0v) is 43.4. The van der Waals surface area contributed by atoms with E-state index in [9.17, 15) is 29.9 Å². The lowest BCUT2D eigenvalue weighted by Crippen LogP contribution is -2.70. The molecule has 3 aliphatic rings. The SMILES string of the molecule is C=CCO[C@@]12Oc3ccc(OC(=O)NCCCCCCCCCCCC)cc3[C@H]3[C@H](CCCCO)[C@@H](CCCCO)C=C(C(=NOCc4ccc([N+](=O)[O-])cc4)C[C@@H]1N(CCC)C(=O)OCC(C)(C)C)[C@H]32. The molecule has 1 fully saturated rings. The molecule has 0 saturated heterocycles. The lowest BCUT2D eigenvalue weighted by molar-refractivity contribution is -0.384. The quantitative estimate of drug-likeness (QED) is 0.0282. The van der Waals surface area contributed by atoms with Gasteiger partial charge in [0, 0.05) is 56.3 Å². The molecule has 15 heteroatoms. The number of nitro groups is 1. The van der Waals surface area contributed by atoms with Gasteiger partial charge in [0.2, 0.25) is 5.79 Å². The number of oxime groups is 1. The number of aliphatic hydroxyl groups is 2. The van der Waals surface area contributed by atoms with Crippen molar-refractivity contribution >= 4 is 23.6 Å². The van der Waals surface area contributed by atoms with Gasteiger partial charge >= 0.3 is 12.2 Å². The summed E-state index contributed by atoms with van der Waals surface area (Å²) in [5.41, 5.74) is 2.61. The fourth-order valence-corrected chi connectivity index (χ4v) is 10.5. The molecule has 5 rings (SSSR count). The molecule has 1 saturated carbocycles. The Bertz CT molecular complexity index is 2050. The first-order valence-corrected chi connectivity index (χ1v) is 26.6. The molecular weight excluding hydrogens is 905 g/mol. The second-order valence-electron chi connectivity index (χ2n) is 20.8. The molecule has 0 bridgehead atoms. The van der Waals surface area contributed by atoms with Gasteiger partial charge in [0.15, 0.2) is 0 Å². The third-order valence-electron chi connectivity index (χ3n) is 13.9. The van der Waals surface area contributed by atoms with Gasteiger partial charge in [0.05, 0.1) is 29.8 Å². The smallest absolute Gasteiger partial charge is 0.412 e. The molecule has 71 heavy (non-hydrogen) atoms. The van der Waals surface area contributed by atoms with Crippen LogP contribution in [0.4, 0.5) is 15.3 Å². The summed E-state index contributed by atoms with van der Waals surface area (Å²) in [6, 6.07) is 10.8. The summed E-state index contributed by atoms with van der Waals surface area (Å²) in [7, 11) is 0. The zero-order chi connectivity index (χ0) is 51.2. The normalized spacial score (nSPS) is 21.8. The van der Waals surface area contributed by atoms with Gasteiger partial charge in [-0.15, -0.1) is 6.58 Å². The Morgan fingerprint density at radius 2 is 1.61 bits per heavy atom. The van der Waals surface area contributed by atoms with Gasteiger partial charge in [-0.2, -0.15) is 0 Å². The number of fused-ring (bicyclic) bond motifs is 2. The van der Waals surface area contributed by atoms with Crippen molar-refractivity contribution in [3.63, 3.8) is 0 Å². The summed E-state index contributed by atoms with van der Waals surface area (Å²) in [6.07, 6.45) is 19.8. The lowest BCUT2D eigenvalue weighted by atomic mass is 9.55. The Hall–Kier alpha value is -4.99. The second-order valence-corrected chi connectivity index (χ2v) is 20.8. The highest BCUT2D eigenvalue weighted by molar-refractivity contribution is 6.03. The van der Waals surface area contributed by atoms with Gasteiger partial charge in [0.1, 0.15) is 24.1 Å².